The lowest BCUT2D eigenvalue weighted by Crippen LogP contribution is -2.12. The van der Waals surface area contributed by atoms with Gasteiger partial charge in [-0.2, -0.15) is 0 Å². The summed E-state index contributed by atoms with van der Waals surface area (Å²) in [6, 6.07) is 22.0. The molecular weight excluding hydrogens is 328 g/mol. The molecule has 0 radical (unpaired) electrons. The number of nitrogens with zero attached hydrogens (tertiary/aromatic N) is 1. The van der Waals surface area contributed by atoms with Crippen LogP contribution in [0.25, 0.3) is 22.6 Å². The van der Waals surface area contributed by atoms with E-state index in [0.29, 0.717) is 28.5 Å². The highest BCUT2D eigenvalue weighted by molar-refractivity contribution is 6.06. The first-order chi connectivity index (χ1) is 12.7. The van der Waals surface area contributed by atoms with Crippen LogP contribution in [0.1, 0.15) is 10.4 Å². The maximum atomic E-state index is 12.6. The fraction of sp³-hybridized carbons (Fsp3) is 0.0476. The van der Waals surface area contributed by atoms with E-state index >= 15 is 0 Å². The number of oxazole rings is 1. The summed E-state index contributed by atoms with van der Waals surface area (Å²) >= 11 is 0. The van der Waals surface area contributed by atoms with Gasteiger partial charge in [-0.1, -0.05) is 30.3 Å². The predicted molar refractivity (Wildman–Crippen MR) is 100 cm³/mol. The number of amides is 1. The topological polar surface area (TPSA) is 64.4 Å². The fourth-order valence-electron chi connectivity index (χ4n) is 2.72. The first-order valence-corrected chi connectivity index (χ1v) is 8.15. The van der Waals surface area contributed by atoms with Gasteiger partial charge in [-0.3, -0.25) is 4.79 Å². The van der Waals surface area contributed by atoms with Crippen LogP contribution in [0.5, 0.6) is 5.75 Å². The number of carbonyl (C=O) groups excluding carboxylic acids is 1. The van der Waals surface area contributed by atoms with E-state index in [1.165, 1.54) is 0 Å². The summed E-state index contributed by atoms with van der Waals surface area (Å²) in [6.45, 7) is 0. The number of para-hydroxylation sites is 3. The Balaban J connectivity index is 1.68. The molecule has 5 nitrogen and oxygen atoms in total. The van der Waals surface area contributed by atoms with Gasteiger partial charge in [0.1, 0.15) is 11.3 Å². The summed E-state index contributed by atoms with van der Waals surface area (Å²) in [5, 5.41) is 2.93. The number of hydrogen-bond acceptors (Lipinski definition) is 4. The van der Waals surface area contributed by atoms with Crippen molar-refractivity contribution in [3.8, 4) is 17.2 Å². The van der Waals surface area contributed by atoms with Crippen molar-refractivity contribution in [1.82, 2.24) is 4.98 Å². The van der Waals surface area contributed by atoms with Crippen molar-refractivity contribution in [1.29, 1.82) is 0 Å². The second-order valence-electron chi connectivity index (χ2n) is 5.72. The molecule has 0 spiro atoms. The number of anilines is 1. The van der Waals surface area contributed by atoms with Crippen molar-refractivity contribution < 1.29 is 13.9 Å². The molecule has 4 rings (SSSR count). The molecule has 26 heavy (non-hydrogen) atoms. The third kappa shape index (κ3) is 3.02. The van der Waals surface area contributed by atoms with Gasteiger partial charge < -0.3 is 14.5 Å². The van der Waals surface area contributed by atoms with E-state index in [9.17, 15) is 4.79 Å². The number of ether oxygens (including phenoxy) is 1. The first kappa shape index (κ1) is 15.9. The number of hydrogen-bond donors (Lipinski definition) is 1. The number of fused-ring (bicyclic) bond motifs is 1. The molecule has 1 heterocycles. The Hall–Kier alpha value is -3.60. The summed E-state index contributed by atoms with van der Waals surface area (Å²) in [5.74, 6) is 0.866. The summed E-state index contributed by atoms with van der Waals surface area (Å²) in [4.78, 5) is 17.1. The standard InChI is InChI=1S/C21H16N2O3/c1-25-15-8-6-7-14(13-15)20(24)22-17-10-3-2-9-16(17)21-23-18-11-4-5-12-19(18)26-21/h2-13H,1H3,(H,22,24). The lowest BCUT2D eigenvalue weighted by Gasteiger charge is -2.09. The SMILES string of the molecule is COc1cccc(C(=O)Nc2ccccc2-c2nc3ccccc3o2)c1. The quantitative estimate of drug-likeness (QED) is 0.580. The zero-order valence-corrected chi connectivity index (χ0v) is 14.1. The van der Waals surface area contributed by atoms with Crippen LogP contribution in [0.2, 0.25) is 0 Å². The summed E-state index contributed by atoms with van der Waals surface area (Å²) in [6.07, 6.45) is 0. The monoisotopic (exact) mass is 344 g/mol. The Morgan fingerprint density at radius 2 is 1.81 bits per heavy atom. The second-order valence-corrected chi connectivity index (χ2v) is 5.72. The van der Waals surface area contributed by atoms with Crippen LogP contribution in [-0.2, 0) is 0 Å². The fourth-order valence-corrected chi connectivity index (χ4v) is 2.72. The van der Waals surface area contributed by atoms with Gasteiger partial charge in [-0.15, -0.1) is 0 Å². The van der Waals surface area contributed by atoms with Crippen molar-refractivity contribution in [3.63, 3.8) is 0 Å². The maximum Gasteiger partial charge on any atom is 0.255 e. The Bertz CT molecular complexity index is 1050. The van der Waals surface area contributed by atoms with Gasteiger partial charge in [-0.25, -0.2) is 4.98 Å². The van der Waals surface area contributed by atoms with Crippen LogP contribution >= 0.6 is 0 Å². The molecule has 0 saturated heterocycles. The zero-order valence-electron chi connectivity index (χ0n) is 14.1. The van der Waals surface area contributed by atoms with Crippen LogP contribution in [-0.4, -0.2) is 18.0 Å². The molecule has 5 heteroatoms. The largest absolute Gasteiger partial charge is 0.497 e. The molecule has 1 N–H and O–H groups in total. The predicted octanol–water partition coefficient (Wildman–Crippen LogP) is 4.76. The number of benzene rings is 3. The molecule has 0 atom stereocenters. The first-order valence-electron chi connectivity index (χ1n) is 8.15. The van der Waals surface area contributed by atoms with Gasteiger partial charge in [0.15, 0.2) is 5.58 Å². The molecule has 128 valence electrons. The van der Waals surface area contributed by atoms with Gasteiger partial charge in [0.05, 0.1) is 18.4 Å². The average Bonchev–Trinajstić information content (AvgIpc) is 3.12. The Kier molecular flexibility index (Phi) is 4.11. The second kappa shape index (κ2) is 6.72. The number of carbonyl (C=O) groups is 1. The molecule has 0 aliphatic heterocycles. The summed E-state index contributed by atoms with van der Waals surface area (Å²) in [5.41, 5.74) is 3.34. The average molecular weight is 344 g/mol. The highest BCUT2D eigenvalue weighted by Gasteiger charge is 2.15. The van der Waals surface area contributed by atoms with Crippen molar-refractivity contribution in [2.24, 2.45) is 0 Å². The normalized spacial score (nSPS) is 10.7. The number of rotatable bonds is 4. The molecule has 0 unspecified atom stereocenters. The van der Waals surface area contributed by atoms with Gasteiger partial charge in [0, 0.05) is 5.56 Å². The van der Waals surface area contributed by atoms with Crippen LogP contribution in [0.3, 0.4) is 0 Å². The number of methoxy groups -OCH3 is 1. The highest BCUT2D eigenvalue weighted by atomic mass is 16.5. The van der Waals surface area contributed by atoms with Crippen molar-refractivity contribution in [3.05, 3.63) is 78.4 Å². The lowest BCUT2D eigenvalue weighted by atomic mass is 10.1. The summed E-state index contributed by atoms with van der Waals surface area (Å²) in [7, 11) is 1.57. The van der Waals surface area contributed by atoms with Crippen LogP contribution in [0.15, 0.2) is 77.2 Å². The molecule has 1 aromatic heterocycles. The van der Waals surface area contributed by atoms with Gasteiger partial charge in [-0.05, 0) is 42.5 Å². The van der Waals surface area contributed by atoms with Crippen molar-refractivity contribution in [2.45, 2.75) is 0 Å². The van der Waals surface area contributed by atoms with Crippen molar-refractivity contribution >= 4 is 22.7 Å². The van der Waals surface area contributed by atoms with Crippen LogP contribution < -0.4 is 10.1 Å². The Morgan fingerprint density at radius 1 is 1.00 bits per heavy atom. The van der Waals surface area contributed by atoms with E-state index in [1.54, 1.807) is 31.4 Å². The Labute approximate surface area is 150 Å². The third-order valence-electron chi connectivity index (χ3n) is 4.03. The molecule has 3 aromatic carbocycles. The van der Waals surface area contributed by atoms with E-state index in [-0.39, 0.29) is 5.91 Å². The van der Waals surface area contributed by atoms with Crippen LogP contribution in [0.4, 0.5) is 5.69 Å². The zero-order chi connectivity index (χ0) is 17.9. The Morgan fingerprint density at radius 3 is 2.65 bits per heavy atom. The van der Waals surface area contributed by atoms with E-state index in [0.717, 1.165) is 11.1 Å². The van der Waals surface area contributed by atoms with E-state index < -0.39 is 0 Å². The molecular formula is C21H16N2O3. The third-order valence-corrected chi connectivity index (χ3v) is 4.03. The number of nitrogens with one attached hydrogen (secondary N) is 1. The smallest absolute Gasteiger partial charge is 0.255 e. The molecule has 4 aromatic rings. The minimum atomic E-state index is -0.229. The molecule has 0 aliphatic carbocycles. The molecule has 1 amide bonds. The number of aromatic nitrogens is 1. The molecule has 0 saturated carbocycles. The van der Waals surface area contributed by atoms with E-state index in [2.05, 4.69) is 10.3 Å². The minimum Gasteiger partial charge on any atom is -0.497 e. The van der Waals surface area contributed by atoms with E-state index in [1.807, 2.05) is 48.5 Å². The molecule has 0 fully saturated rings. The minimum absolute atomic E-state index is 0.229. The van der Waals surface area contributed by atoms with E-state index in [4.69, 9.17) is 9.15 Å². The molecule has 0 aliphatic rings. The maximum absolute atomic E-state index is 12.6. The van der Waals surface area contributed by atoms with Crippen LogP contribution in [0, 0.1) is 0 Å². The van der Waals surface area contributed by atoms with Gasteiger partial charge in [0.2, 0.25) is 5.89 Å². The van der Waals surface area contributed by atoms with Crippen molar-refractivity contribution in [2.75, 3.05) is 12.4 Å². The summed E-state index contributed by atoms with van der Waals surface area (Å²) < 4.78 is 11.0. The lowest BCUT2D eigenvalue weighted by molar-refractivity contribution is 0.102. The highest BCUT2D eigenvalue weighted by Crippen LogP contribution is 2.30. The molecule has 0 bridgehead atoms. The van der Waals surface area contributed by atoms with Gasteiger partial charge >= 0.3 is 0 Å². The van der Waals surface area contributed by atoms with Gasteiger partial charge in [0.25, 0.3) is 5.91 Å².